The molecule has 0 atom stereocenters. The van der Waals surface area contributed by atoms with Crippen molar-refractivity contribution in [2.75, 3.05) is 6.61 Å². The van der Waals surface area contributed by atoms with Gasteiger partial charge in [-0.3, -0.25) is 0 Å². The van der Waals surface area contributed by atoms with Gasteiger partial charge in [0.25, 0.3) is 0 Å². The van der Waals surface area contributed by atoms with Crippen molar-refractivity contribution < 1.29 is 23.0 Å². The van der Waals surface area contributed by atoms with Gasteiger partial charge in [-0.2, -0.15) is 14.0 Å². The van der Waals surface area contributed by atoms with Crippen LogP contribution in [0.1, 0.15) is 22.8 Å². The lowest BCUT2D eigenvalue weighted by atomic mass is 10.1. The summed E-state index contributed by atoms with van der Waals surface area (Å²) in [5.74, 6) is -1.12. The Balaban J connectivity index is 3.29. The molecule has 7 heteroatoms. The molecule has 4 nitrogen and oxygen atoms in total. The molecule has 0 aliphatic rings. The van der Waals surface area contributed by atoms with E-state index in [4.69, 9.17) is 10.00 Å². The normalized spacial score (nSPS) is 10.0. The van der Waals surface area contributed by atoms with Crippen LogP contribution in [0.25, 0.3) is 0 Å². The molecule has 0 N–H and O–H groups in total. The predicted molar refractivity (Wildman–Crippen MR) is 66.5 cm³/mol. The second-order valence-electron chi connectivity index (χ2n) is 3.04. The van der Waals surface area contributed by atoms with Crippen molar-refractivity contribution in [1.82, 2.24) is 0 Å². The average molecular weight is 367 g/mol. The third kappa shape index (κ3) is 3.53. The third-order valence-corrected chi connectivity index (χ3v) is 2.73. The highest BCUT2D eigenvalue weighted by Crippen LogP contribution is 2.28. The highest BCUT2D eigenvalue weighted by Gasteiger charge is 2.21. The van der Waals surface area contributed by atoms with E-state index in [1.807, 2.05) is 0 Å². The zero-order valence-corrected chi connectivity index (χ0v) is 11.4. The van der Waals surface area contributed by atoms with Gasteiger partial charge in [-0.1, -0.05) is 0 Å². The Bertz CT molecular complexity index is 500. The van der Waals surface area contributed by atoms with Gasteiger partial charge in [-0.25, -0.2) is 4.79 Å². The third-order valence-electron chi connectivity index (χ3n) is 1.88. The van der Waals surface area contributed by atoms with Crippen molar-refractivity contribution in [2.45, 2.75) is 13.5 Å². The van der Waals surface area contributed by atoms with Gasteiger partial charge in [-0.15, -0.1) is 0 Å². The van der Waals surface area contributed by atoms with Gasteiger partial charge in [-0.05, 0) is 41.6 Å². The minimum Gasteiger partial charge on any atom is -0.462 e. The number of alkyl halides is 2. The van der Waals surface area contributed by atoms with Crippen molar-refractivity contribution in [3.05, 3.63) is 26.8 Å². The molecule has 0 bridgehead atoms. The van der Waals surface area contributed by atoms with E-state index < -0.39 is 12.6 Å². The Labute approximate surface area is 116 Å². The minimum absolute atomic E-state index is 0.100. The molecule has 0 amide bonds. The Kier molecular flexibility index (Phi) is 5.27. The van der Waals surface area contributed by atoms with E-state index in [0.29, 0.717) is 3.57 Å². The highest BCUT2D eigenvalue weighted by molar-refractivity contribution is 14.1. The van der Waals surface area contributed by atoms with Crippen LogP contribution in [0, 0.1) is 14.9 Å². The largest absolute Gasteiger partial charge is 0.462 e. The molecule has 1 rings (SSSR count). The van der Waals surface area contributed by atoms with Gasteiger partial charge >= 0.3 is 12.6 Å². The number of esters is 1. The molecule has 1 aromatic rings. The quantitative estimate of drug-likeness (QED) is 0.607. The molecule has 18 heavy (non-hydrogen) atoms. The summed E-state index contributed by atoms with van der Waals surface area (Å²) in [4.78, 5) is 11.6. The second-order valence-corrected chi connectivity index (χ2v) is 4.20. The Hall–Kier alpha value is -1.43. The first kappa shape index (κ1) is 14.6. The number of hydrogen-bond acceptors (Lipinski definition) is 4. The molecule has 1 aromatic carbocycles. The van der Waals surface area contributed by atoms with Crippen molar-refractivity contribution >= 4 is 28.6 Å². The van der Waals surface area contributed by atoms with Crippen LogP contribution in [0.2, 0.25) is 0 Å². The lowest BCUT2D eigenvalue weighted by Gasteiger charge is -2.12. The molecule has 0 aliphatic carbocycles. The van der Waals surface area contributed by atoms with Gasteiger partial charge in [0.1, 0.15) is 11.3 Å². The number of halogens is 3. The summed E-state index contributed by atoms with van der Waals surface area (Å²) in [5, 5.41) is 8.74. The highest BCUT2D eigenvalue weighted by atomic mass is 127. The van der Waals surface area contributed by atoms with E-state index in [9.17, 15) is 13.6 Å². The van der Waals surface area contributed by atoms with Crippen molar-refractivity contribution in [3.8, 4) is 11.8 Å². The zero-order valence-electron chi connectivity index (χ0n) is 9.25. The van der Waals surface area contributed by atoms with Crippen LogP contribution in [0.4, 0.5) is 8.78 Å². The second kappa shape index (κ2) is 6.49. The molecule has 0 aromatic heterocycles. The molecule has 96 valence electrons. The number of carbonyl (C=O) groups is 1. The lowest BCUT2D eigenvalue weighted by Crippen LogP contribution is -2.12. The first-order chi connectivity index (χ1) is 8.49. The molecule has 0 aliphatic heterocycles. The fourth-order valence-corrected chi connectivity index (χ4v) is 2.06. The molecule has 0 radical (unpaired) electrons. The number of ether oxygens (including phenoxy) is 2. The number of benzene rings is 1. The maximum Gasteiger partial charge on any atom is 0.387 e. The zero-order chi connectivity index (χ0) is 13.7. The lowest BCUT2D eigenvalue weighted by molar-refractivity contribution is -0.0505. The van der Waals surface area contributed by atoms with Gasteiger partial charge < -0.3 is 9.47 Å². The Morgan fingerprint density at radius 2 is 2.22 bits per heavy atom. The van der Waals surface area contributed by atoms with Crippen LogP contribution in [0.3, 0.4) is 0 Å². The molecular weight excluding hydrogens is 359 g/mol. The molecule has 0 fully saturated rings. The van der Waals surface area contributed by atoms with E-state index in [0.717, 1.165) is 6.07 Å². The Morgan fingerprint density at radius 1 is 1.56 bits per heavy atom. The van der Waals surface area contributed by atoms with Crippen LogP contribution in [0.5, 0.6) is 5.75 Å². The molecule has 0 saturated carbocycles. The molecule has 0 heterocycles. The van der Waals surface area contributed by atoms with Crippen molar-refractivity contribution in [1.29, 1.82) is 5.26 Å². The van der Waals surface area contributed by atoms with E-state index in [-0.39, 0.29) is 23.5 Å². The van der Waals surface area contributed by atoms with Crippen LogP contribution in [-0.2, 0) is 4.74 Å². The van der Waals surface area contributed by atoms with Crippen LogP contribution >= 0.6 is 22.6 Å². The smallest absolute Gasteiger partial charge is 0.387 e. The van der Waals surface area contributed by atoms with Crippen molar-refractivity contribution in [3.63, 3.8) is 0 Å². The maximum absolute atomic E-state index is 12.3. The number of hydrogen-bond donors (Lipinski definition) is 0. The number of rotatable bonds is 4. The molecular formula is C11H8F2INO3. The first-order valence-electron chi connectivity index (χ1n) is 4.85. The summed E-state index contributed by atoms with van der Waals surface area (Å²) < 4.78 is 33.8. The molecule has 0 spiro atoms. The average Bonchev–Trinajstić information content (AvgIpc) is 2.27. The predicted octanol–water partition coefficient (Wildman–Crippen LogP) is 2.94. The summed E-state index contributed by atoms with van der Waals surface area (Å²) in [7, 11) is 0. The van der Waals surface area contributed by atoms with E-state index >= 15 is 0 Å². The van der Waals surface area contributed by atoms with Gasteiger partial charge in [0.15, 0.2) is 0 Å². The topological polar surface area (TPSA) is 59.3 Å². The summed E-state index contributed by atoms with van der Waals surface area (Å²) in [6.45, 7) is -1.37. The fourth-order valence-electron chi connectivity index (χ4n) is 1.24. The van der Waals surface area contributed by atoms with Gasteiger partial charge in [0.05, 0.1) is 18.2 Å². The molecule has 0 saturated heterocycles. The first-order valence-corrected chi connectivity index (χ1v) is 5.93. The number of nitriles is 1. The van der Waals surface area contributed by atoms with E-state index in [1.165, 1.54) is 6.07 Å². The van der Waals surface area contributed by atoms with Crippen LogP contribution < -0.4 is 4.74 Å². The Morgan fingerprint density at radius 3 is 2.72 bits per heavy atom. The van der Waals surface area contributed by atoms with Gasteiger partial charge in [0, 0.05) is 3.57 Å². The molecule has 0 unspecified atom stereocenters. The number of carbonyl (C=O) groups excluding carboxylic acids is 1. The monoisotopic (exact) mass is 367 g/mol. The minimum atomic E-state index is -3.08. The van der Waals surface area contributed by atoms with Crippen LogP contribution in [-0.4, -0.2) is 19.2 Å². The summed E-state index contributed by atoms with van der Waals surface area (Å²) in [6.07, 6.45) is 0. The number of nitrogens with zero attached hydrogens (tertiary/aromatic N) is 1. The maximum atomic E-state index is 12.3. The summed E-state index contributed by atoms with van der Waals surface area (Å²) >= 11 is 1.76. The van der Waals surface area contributed by atoms with Gasteiger partial charge in [0.2, 0.25) is 0 Å². The fraction of sp³-hybridized carbons (Fsp3) is 0.273. The standard InChI is InChI=1S/C11H8F2INO3/c1-2-17-10(16)9-7(14)3-6(5-15)4-8(9)18-11(12)13/h3-4,11H,2H2,1H3. The van der Waals surface area contributed by atoms with E-state index in [2.05, 4.69) is 4.74 Å². The van der Waals surface area contributed by atoms with Crippen molar-refractivity contribution in [2.24, 2.45) is 0 Å². The van der Waals surface area contributed by atoms with Crippen LogP contribution in [0.15, 0.2) is 12.1 Å². The summed E-state index contributed by atoms with van der Waals surface area (Å²) in [5.41, 5.74) is 0.0276. The van der Waals surface area contributed by atoms with E-state index in [1.54, 1.807) is 35.6 Å². The summed E-state index contributed by atoms with van der Waals surface area (Å²) in [6, 6.07) is 4.28. The SMILES string of the molecule is CCOC(=O)c1c(I)cc(C#N)cc1OC(F)F.